The first-order chi connectivity index (χ1) is 10.2. The summed E-state index contributed by atoms with van der Waals surface area (Å²) in [5, 5.41) is 2.81. The zero-order valence-corrected chi connectivity index (χ0v) is 14.4. The quantitative estimate of drug-likeness (QED) is 0.835. The molecule has 1 fully saturated rings. The first kappa shape index (κ1) is 17.1. The van der Waals surface area contributed by atoms with Crippen LogP contribution in [0.1, 0.15) is 18.9 Å². The number of nitrogens with one attached hydrogen (secondary N) is 1. The van der Waals surface area contributed by atoms with Gasteiger partial charge in [-0.3, -0.25) is 9.59 Å². The maximum atomic E-state index is 12.4. The number of nitrogens with zero attached hydrogens (tertiary/aromatic N) is 1. The Morgan fingerprint density at radius 1 is 1.27 bits per heavy atom. The van der Waals surface area contributed by atoms with Crippen LogP contribution in [0.4, 0.5) is 0 Å². The van der Waals surface area contributed by atoms with Crippen LogP contribution in [0.5, 0.6) is 0 Å². The van der Waals surface area contributed by atoms with Gasteiger partial charge in [-0.05, 0) is 18.9 Å². The molecule has 1 aromatic rings. The number of benzene rings is 1. The van der Waals surface area contributed by atoms with Gasteiger partial charge in [-0.2, -0.15) is 0 Å². The highest BCUT2D eigenvalue weighted by atomic mass is 35.5. The summed E-state index contributed by atoms with van der Waals surface area (Å²) in [6.45, 7) is 1.71. The van der Waals surface area contributed by atoms with Crippen LogP contribution in [0.3, 0.4) is 0 Å². The molecule has 0 aliphatic heterocycles. The van der Waals surface area contributed by atoms with Gasteiger partial charge >= 0.3 is 0 Å². The summed E-state index contributed by atoms with van der Waals surface area (Å²) < 4.78 is -1.05. The van der Waals surface area contributed by atoms with Crippen molar-refractivity contribution in [2.24, 2.45) is 5.41 Å². The highest BCUT2D eigenvalue weighted by Gasteiger charge is 2.68. The molecule has 2 amide bonds. The number of carbonyl (C=O) groups is 2. The van der Waals surface area contributed by atoms with Crippen LogP contribution in [0, 0.1) is 5.41 Å². The summed E-state index contributed by atoms with van der Waals surface area (Å²) in [6, 6.07) is 8.93. The van der Waals surface area contributed by atoms with Gasteiger partial charge in [-0.1, -0.05) is 30.3 Å². The fourth-order valence-electron chi connectivity index (χ4n) is 2.33. The number of halogens is 2. The molecule has 0 heterocycles. The molecule has 1 N–H and O–H groups in total. The number of rotatable bonds is 5. The first-order valence-electron chi connectivity index (χ1n) is 7.11. The fraction of sp³-hybridized carbons (Fsp3) is 0.500. The molecule has 0 spiro atoms. The summed E-state index contributed by atoms with van der Waals surface area (Å²) in [4.78, 5) is 26.2. The lowest BCUT2D eigenvalue weighted by atomic mass is 10.0. The molecule has 4 nitrogen and oxygen atoms in total. The lowest BCUT2D eigenvalue weighted by Gasteiger charge is -2.24. The van der Waals surface area contributed by atoms with Gasteiger partial charge in [0.2, 0.25) is 11.8 Å². The average molecular weight is 343 g/mol. The zero-order chi connectivity index (χ0) is 16.5. The summed E-state index contributed by atoms with van der Waals surface area (Å²) in [7, 11) is 3.33. The molecular weight excluding hydrogens is 323 g/mol. The molecule has 1 aliphatic rings. The van der Waals surface area contributed by atoms with E-state index >= 15 is 0 Å². The lowest BCUT2D eigenvalue weighted by Crippen LogP contribution is -2.50. The predicted octanol–water partition coefficient (Wildman–Crippen LogP) is 2.39. The maximum Gasteiger partial charge on any atom is 0.244 e. The number of carbonyl (C=O) groups excluding carboxylic acids is 2. The molecule has 0 saturated heterocycles. The van der Waals surface area contributed by atoms with E-state index in [1.807, 2.05) is 30.3 Å². The van der Waals surface area contributed by atoms with E-state index in [0.29, 0.717) is 12.8 Å². The molecule has 22 heavy (non-hydrogen) atoms. The van der Waals surface area contributed by atoms with E-state index in [1.54, 1.807) is 21.0 Å². The minimum atomic E-state index is -1.05. The van der Waals surface area contributed by atoms with E-state index in [4.69, 9.17) is 23.2 Å². The molecule has 2 atom stereocenters. The van der Waals surface area contributed by atoms with Gasteiger partial charge in [0.15, 0.2) is 0 Å². The zero-order valence-electron chi connectivity index (χ0n) is 12.9. The minimum Gasteiger partial charge on any atom is -0.347 e. The van der Waals surface area contributed by atoms with E-state index < -0.39 is 15.8 Å². The molecular formula is C16H20Cl2N2O2. The van der Waals surface area contributed by atoms with E-state index in [0.717, 1.165) is 5.56 Å². The Bertz CT molecular complexity index is 575. The molecule has 6 heteroatoms. The van der Waals surface area contributed by atoms with Crippen LogP contribution in [0.25, 0.3) is 0 Å². The highest BCUT2D eigenvalue weighted by molar-refractivity contribution is 6.53. The number of alkyl halides is 2. The van der Waals surface area contributed by atoms with Crippen molar-refractivity contribution in [1.29, 1.82) is 0 Å². The second kappa shape index (κ2) is 6.09. The van der Waals surface area contributed by atoms with Crippen LogP contribution in [0.2, 0.25) is 0 Å². The molecule has 2 rings (SSSR count). The Morgan fingerprint density at radius 3 is 2.27 bits per heavy atom. The van der Waals surface area contributed by atoms with Crippen LogP contribution in [-0.2, 0) is 16.0 Å². The summed E-state index contributed by atoms with van der Waals surface area (Å²) in [5.41, 5.74) is 0.143. The highest BCUT2D eigenvalue weighted by Crippen LogP contribution is 2.63. The van der Waals surface area contributed by atoms with Crippen molar-refractivity contribution >= 4 is 35.0 Å². The molecule has 1 aliphatic carbocycles. The van der Waals surface area contributed by atoms with Crippen molar-refractivity contribution in [1.82, 2.24) is 10.2 Å². The number of hydrogen-bond acceptors (Lipinski definition) is 2. The first-order valence-corrected chi connectivity index (χ1v) is 7.87. The topological polar surface area (TPSA) is 49.4 Å². The molecule has 2 unspecified atom stereocenters. The monoisotopic (exact) mass is 342 g/mol. The number of amides is 2. The van der Waals surface area contributed by atoms with Gasteiger partial charge < -0.3 is 10.2 Å². The second-order valence-corrected chi connectivity index (χ2v) is 7.65. The smallest absolute Gasteiger partial charge is 0.244 e. The third kappa shape index (κ3) is 3.39. The van der Waals surface area contributed by atoms with Crippen LogP contribution in [0.15, 0.2) is 30.3 Å². The van der Waals surface area contributed by atoms with Gasteiger partial charge in [0.25, 0.3) is 0 Å². The average Bonchev–Trinajstić information content (AvgIpc) is 2.98. The lowest BCUT2D eigenvalue weighted by molar-refractivity contribution is -0.135. The van der Waals surface area contributed by atoms with Crippen molar-refractivity contribution < 1.29 is 9.59 Å². The molecule has 0 bridgehead atoms. The van der Waals surface area contributed by atoms with Crippen LogP contribution >= 0.6 is 23.2 Å². The predicted molar refractivity (Wildman–Crippen MR) is 87.9 cm³/mol. The molecule has 0 aromatic heterocycles. The van der Waals surface area contributed by atoms with Gasteiger partial charge in [-0.15, -0.1) is 23.2 Å². The van der Waals surface area contributed by atoms with Crippen molar-refractivity contribution in [2.75, 3.05) is 14.1 Å². The standard InChI is InChI=1S/C16H20Cl2N2O2/c1-15(10-16(15,17)18)14(22)19-12(13(21)20(2)3)9-11-7-5-4-6-8-11/h4-8,12H,9-10H2,1-3H3,(H,19,22). The maximum absolute atomic E-state index is 12.4. The Labute approximate surface area is 140 Å². The molecule has 1 aromatic carbocycles. The van der Waals surface area contributed by atoms with Gasteiger partial charge in [0.05, 0.1) is 5.41 Å². The van der Waals surface area contributed by atoms with Crippen molar-refractivity contribution in [3.63, 3.8) is 0 Å². The van der Waals surface area contributed by atoms with E-state index in [2.05, 4.69) is 5.32 Å². The SMILES string of the molecule is CN(C)C(=O)C(Cc1ccccc1)NC(=O)C1(C)CC1(Cl)Cl. The third-order valence-corrected chi connectivity index (χ3v) is 5.19. The summed E-state index contributed by atoms with van der Waals surface area (Å²) in [5.74, 6) is -0.440. The number of likely N-dealkylation sites (N-methyl/N-ethyl adjacent to an activating group) is 1. The van der Waals surface area contributed by atoms with Gasteiger partial charge in [0.1, 0.15) is 10.4 Å². The molecule has 0 radical (unpaired) electrons. The van der Waals surface area contributed by atoms with Crippen LogP contribution in [-0.4, -0.2) is 41.2 Å². The minimum absolute atomic E-state index is 0.156. The largest absolute Gasteiger partial charge is 0.347 e. The fourth-order valence-corrected chi connectivity index (χ4v) is 3.03. The van der Waals surface area contributed by atoms with Gasteiger partial charge in [0, 0.05) is 20.5 Å². The van der Waals surface area contributed by atoms with Crippen molar-refractivity contribution in [3.05, 3.63) is 35.9 Å². The second-order valence-electron chi connectivity index (χ2n) is 6.16. The Balaban J connectivity index is 2.12. The van der Waals surface area contributed by atoms with Gasteiger partial charge in [-0.25, -0.2) is 0 Å². The van der Waals surface area contributed by atoms with E-state index in [9.17, 15) is 9.59 Å². The van der Waals surface area contributed by atoms with Crippen molar-refractivity contribution in [3.8, 4) is 0 Å². The number of hydrogen-bond donors (Lipinski definition) is 1. The molecule has 120 valence electrons. The summed E-state index contributed by atoms with van der Waals surface area (Å²) >= 11 is 12.1. The normalized spacial score (nSPS) is 23.5. The van der Waals surface area contributed by atoms with Crippen molar-refractivity contribution in [2.45, 2.75) is 30.1 Å². The Kier molecular flexibility index (Phi) is 4.73. The molecule has 1 saturated carbocycles. The van der Waals surface area contributed by atoms with Crippen LogP contribution < -0.4 is 5.32 Å². The van der Waals surface area contributed by atoms with E-state index in [-0.39, 0.29) is 11.8 Å². The third-order valence-electron chi connectivity index (χ3n) is 4.09. The summed E-state index contributed by atoms with van der Waals surface area (Å²) in [6.07, 6.45) is 0.820. The van der Waals surface area contributed by atoms with E-state index in [1.165, 1.54) is 4.90 Å². The Morgan fingerprint density at radius 2 is 1.82 bits per heavy atom. The Hall–Kier alpha value is -1.26.